The molecule has 2 aromatic rings. The quantitative estimate of drug-likeness (QED) is 0.871. The molecule has 1 heterocycles. The Morgan fingerprint density at radius 2 is 2.17 bits per heavy atom. The van der Waals surface area contributed by atoms with E-state index in [2.05, 4.69) is 10.3 Å². The van der Waals surface area contributed by atoms with Crippen LogP contribution in [0.15, 0.2) is 24.3 Å². The number of aromatic nitrogens is 1. The third-order valence-electron chi connectivity index (χ3n) is 2.73. The van der Waals surface area contributed by atoms with E-state index in [1.807, 2.05) is 38.1 Å². The lowest BCUT2D eigenvalue weighted by Gasteiger charge is -2.08. The van der Waals surface area contributed by atoms with Gasteiger partial charge < -0.3 is 11.1 Å². The van der Waals surface area contributed by atoms with Gasteiger partial charge in [0.05, 0.1) is 5.52 Å². The van der Waals surface area contributed by atoms with Gasteiger partial charge in [0.2, 0.25) is 5.91 Å². The molecule has 0 aliphatic heterocycles. The smallest absolute Gasteiger partial charge is 0.224 e. The average Bonchev–Trinajstić information content (AvgIpc) is 2.30. The molecule has 4 heteroatoms. The molecule has 1 aromatic carbocycles. The van der Waals surface area contributed by atoms with E-state index in [0.29, 0.717) is 12.1 Å². The number of nitrogens with two attached hydrogens (primary N) is 1. The van der Waals surface area contributed by atoms with Gasteiger partial charge in [-0.25, -0.2) is 0 Å². The number of carbonyl (C=O) groups is 1. The molecule has 0 saturated heterocycles. The molecule has 18 heavy (non-hydrogen) atoms. The maximum absolute atomic E-state index is 11.5. The van der Waals surface area contributed by atoms with Crippen molar-refractivity contribution in [3.05, 3.63) is 30.0 Å². The van der Waals surface area contributed by atoms with Gasteiger partial charge in [-0.3, -0.25) is 9.78 Å². The van der Waals surface area contributed by atoms with Crippen molar-refractivity contribution in [1.82, 2.24) is 4.98 Å². The number of nitrogen functional groups attached to an aromatic ring is 1. The summed E-state index contributed by atoms with van der Waals surface area (Å²) in [6, 6.07) is 7.42. The molecule has 0 fully saturated rings. The van der Waals surface area contributed by atoms with Crippen LogP contribution in [0.3, 0.4) is 0 Å². The number of nitrogens with zero attached hydrogens (tertiary/aromatic N) is 1. The summed E-state index contributed by atoms with van der Waals surface area (Å²) in [5.74, 6) is 0.0236. The van der Waals surface area contributed by atoms with Gasteiger partial charge in [-0.15, -0.1) is 0 Å². The first-order valence-electron chi connectivity index (χ1n) is 6.07. The normalized spacial score (nSPS) is 10.6. The zero-order chi connectivity index (χ0) is 13.1. The molecule has 0 atom stereocenters. The van der Waals surface area contributed by atoms with Crippen molar-refractivity contribution < 1.29 is 4.79 Å². The van der Waals surface area contributed by atoms with E-state index in [1.54, 1.807) is 0 Å². The van der Waals surface area contributed by atoms with E-state index in [1.165, 1.54) is 0 Å². The zero-order valence-electron chi connectivity index (χ0n) is 10.7. The number of anilines is 2. The van der Waals surface area contributed by atoms with E-state index in [4.69, 9.17) is 5.73 Å². The van der Waals surface area contributed by atoms with Crippen molar-refractivity contribution in [2.24, 2.45) is 0 Å². The van der Waals surface area contributed by atoms with Gasteiger partial charge in [0.25, 0.3) is 0 Å². The molecule has 0 radical (unpaired) electrons. The van der Waals surface area contributed by atoms with Crippen molar-refractivity contribution in [2.75, 3.05) is 11.1 Å². The lowest BCUT2D eigenvalue weighted by molar-refractivity contribution is -0.116. The topological polar surface area (TPSA) is 68.0 Å². The van der Waals surface area contributed by atoms with Gasteiger partial charge in [-0.1, -0.05) is 6.92 Å². The number of nitrogens with one attached hydrogen (secondary N) is 1. The largest absolute Gasteiger partial charge is 0.398 e. The second-order valence-corrected chi connectivity index (χ2v) is 4.38. The summed E-state index contributed by atoms with van der Waals surface area (Å²) in [5.41, 5.74) is 9.15. The number of amides is 1. The standard InChI is InChI=1S/C14H17N3O/c1-3-4-14(18)17-10-5-6-13-11(8-10)12(15)7-9(2)16-13/h5-8H,3-4H2,1-2H3,(H2,15,16)(H,17,18). The molecule has 0 aliphatic rings. The Labute approximate surface area is 106 Å². The number of pyridine rings is 1. The molecule has 0 unspecified atom stereocenters. The summed E-state index contributed by atoms with van der Waals surface area (Å²) in [5, 5.41) is 3.72. The van der Waals surface area contributed by atoms with E-state index in [9.17, 15) is 4.79 Å². The molecule has 0 spiro atoms. The van der Waals surface area contributed by atoms with E-state index in [-0.39, 0.29) is 5.91 Å². The molecule has 3 N–H and O–H groups in total. The van der Waals surface area contributed by atoms with Crippen LogP contribution >= 0.6 is 0 Å². The Hall–Kier alpha value is -2.10. The van der Waals surface area contributed by atoms with Gasteiger partial charge in [0.15, 0.2) is 0 Å². The maximum Gasteiger partial charge on any atom is 0.224 e. The molecule has 0 bridgehead atoms. The average molecular weight is 243 g/mol. The van der Waals surface area contributed by atoms with Gasteiger partial charge >= 0.3 is 0 Å². The predicted molar refractivity (Wildman–Crippen MR) is 74.4 cm³/mol. The van der Waals surface area contributed by atoms with Crippen molar-refractivity contribution in [3.63, 3.8) is 0 Å². The van der Waals surface area contributed by atoms with Gasteiger partial charge in [0, 0.05) is 28.9 Å². The van der Waals surface area contributed by atoms with Crippen molar-refractivity contribution >= 4 is 28.2 Å². The first-order valence-corrected chi connectivity index (χ1v) is 6.07. The van der Waals surface area contributed by atoms with Crippen molar-refractivity contribution in [1.29, 1.82) is 0 Å². The second kappa shape index (κ2) is 5.04. The number of aryl methyl sites for hydroxylation is 1. The summed E-state index contributed by atoms with van der Waals surface area (Å²) in [4.78, 5) is 15.9. The fraction of sp³-hybridized carbons (Fsp3) is 0.286. The highest BCUT2D eigenvalue weighted by Crippen LogP contribution is 2.24. The molecule has 2 rings (SSSR count). The van der Waals surface area contributed by atoms with E-state index in [0.717, 1.165) is 28.7 Å². The molecular weight excluding hydrogens is 226 g/mol. The van der Waals surface area contributed by atoms with Crippen LogP contribution in [-0.2, 0) is 4.79 Å². The van der Waals surface area contributed by atoms with Crippen LogP contribution in [0.25, 0.3) is 10.9 Å². The fourth-order valence-electron chi connectivity index (χ4n) is 1.92. The minimum absolute atomic E-state index is 0.0236. The summed E-state index contributed by atoms with van der Waals surface area (Å²) in [6.07, 6.45) is 1.36. The Morgan fingerprint density at radius 3 is 2.89 bits per heavy atom. The van der Waals surface area contributed by atoms with Crippen molar-refractivity contribution in [3.8, 4) is 0 Å². The minimum Gasteiger partial charge on any atom is -0.398 e. The second-order valence-electron chi connectivity index (χ2n) is 4.38. The monoisotopic (exact) mass is 243 g/mol. The van der Waals surface area contributed by atoms with Crippen LogP contribution in [0, 0.1) is 6.92 Å². The zero-order valence-corrected chi connectivity index (χ0v) is 10.7. The molecule has 0 aliphatic carbocycles. The number of hydrogen-bond donors (Lipinski definition) is 2. The number of rotatable bonds is 3. The third kappa shape index (κ3) is 2.59. The minimum atomic E-state index is 0.0236. The van der Waals surface area contributed by atoms with Crippen LogP contribution in [0.1, 0.15) is 25.5 Å². The van der Waals surface area contributed by atoms with Gasteiger partial charge in [-0.05, 0) is 37.6 Å². The Balaban J connectivity index is 2.35. The molecule has 94 valence electrons. The van der Waals surface area contributed by atoms with E-state index >= 15 is 0 Å². The molecule has 1 amide bonds. The summed E-state index contributed by atoms with van der Waals surface area (Å²) in [6.45, 7) is 3.89. The molecule has 0 saturated carbocycles. The highest BCUT2D eigenvalue weighted by molar-refractivity contribution is 5.97. The van der Waals surface area contributed by atoms with Gasteiger partial charge in [0.1, 0.15) is 0 Å². The first kappa shape index (κ1) is 12.4. The van der Waals surface area contributed by atoms with Crippen LogP contribution in [0.5, 0.6) is 0 Å². The SMILES string of the molecule is CCCC(=O)Nc1ccc2nc(C)cc(N)c2c1. The number of hydrogen-bond acceptors (Lipinski definition) is 3. The van der Waals surface area contributed by atoms with Crippen LogP contribution in [0.2, 0.25) is 0 Å². The highest BCUT2D eigenvalue weighted by Gasteiger charge is 2.05. The lowest BCUT2D eigenvalue weighted by Crippen LogP contribution is -2.10. The summed E-state index contributed by atoms with van der Waals surface area (Å²) < 4.78 is 0. The number of carbonyl (C=O) groups excluding carboxylic acids is 1. The van der Waals surface area contributed by atoms with Crippen molar-refractivity contribution in [2.45, 2.75) is 26.7 Å². The van der Waals surface area contributed by atoms with Crippen LogP contribution < -0.4 is 11.1 Å². The predicted octanol–water partition coefficient (Wildman–Crippen LogP) is 2.86. The highest BCUT2D eigenvalue weighted by atomic mass is 16.1. The first-order chi connectivity index (χ1) is 8.60. The van der Waals surface area contributed by atoms with Crippen LogP contribution in [0.4, 0.5) is 11.4 Å². The van der Waals surface area contributed by atoms with Crippen LogP contribution in [-0.4, -0.2) is 10.9 Å². The van der Waals surface area contributed by atoms with Gasteiger partial charge in [-0.2, -0.15) is 0 Å². The summed E-state index contributed by atoms with van der Waals surface area (Å²) >= 11 is 0. The van der Waals surface area contributed by atoms with E-state index < -0.39 is 0 Å². The fourth-order valence-corrected chi connectivity index (χ4v) is 1.92. The maximum atomic E-state index is 11.5. The Kier molecular flexibility index (Phi) is 3.46. The summed E-state index contributed by atoms with van der Waals surface area (Å²) in [7, 11) is 0. The Bertz CT molecular complexity index is 593. The lowest BCUT2D eigenvalue weighted by atomic mass is 10.1. The number of fused-ring (bicyclic) bond motifs is 1. The third-order valence-corrected chi connectivity index (χ3v) is 2.73. The number of benzene rings is 1. The Morgan fingerprint density at radius 1 is 1.39 bits per heavy atom. The molecule has 1 aromatic heterocycles. The molecule has 4 nitrogen and oxygen atoms in total. The molecular formula is C14H17N3O.